The molecule has 0 saturated heterocycles. The molecule has 0 unspecified atom stereocenters. The maximum absolute atomic E-state index is 11.6. The average Bonchev–Trinajstić information content (AvgIpc) is 2.98. The highest BCUT2D eigenvalue weighted by Crippen LogP contribution is 2.36. The summed E-state index contributed by atoms with van der Waals surface area (Å²) < 4.78 is 7.65. The van der Waals surface area contributed by atoms with Gasteiger partial charge in [0.2, 0.25) is 0 Å². The van der Waals surface area contributed by atoms with Crippen molar-refractivity contribution in [2.45, 2.75) is 25.7 Å². The molecule has 5 nitrogen and oxygen atoms in total. The highest BCUT2D eigenvalue weighted by atomic mass is 32.1. The van der Waals surface area contributed by atoms with Gasteiger partial charge in [-0.2, -0.15) is 8.75 Å². The van der Waals surface area contributed by atoms with Crippen LogP contribution < -0.4 is 5.32 Å². The lowest BCUT2D eigenvalue weighted by Crippen LogP contribution is -2.38. The van der Waals surface area contributed by atoms with E-state index in [2.05, 4.69) is 14.1 Å². The number of carbonyl (C=O) groups is 1. The number of aliphatic hydroxyl groups excluding tert-OH is 1. The number of nitrogens with one attached hydrogen (secondary N) is 1. The molecule has 0 radical (unpaired) electrons. The fourth-order valence-corrected chi connectivity index (χ4v) is 2.55. The number of rotatable bonds is 4. The second kappa shape index (κ2) is 4.88. The number of aromatic nitrogens is 2. The van der Waals surface area contributed by atoms with E-state index in [1.807, 2.05) is 0 Å². The van der Waals surface area contributed by atoms with Crippen LogP contribution in [-0.4, -0.2) is 32.9 Å². The minimum atomic E-state index is -0.200. The highest BCUT2D eigenvalue weighted by Gasteiger charge is 2.33. The van der Waals surface area contributed by atoms with Gasteiger partial charge < -0.3 is 10.4 Å². The Balaban J connectivity index is 1.89. The van der Waals surface area contributed by atoms with Crippen molar-refractivity contribution >= 4 is 17.6 Å². The zero-order chi connectivity index (χ0) is 11.4. The molecule has 2 rings (SSSR count). The summed E-state index contributed by atoms with van der Waals surface area (Å²) in [5, 5.41) is 12.2. The third kappa shape index (κ3) is 2.38. The molecule has 0 aliphatic heterocycles. The van der Waals surface area contributed by atoms with Gasteiger partial charge in [0.05, 0.1) is 24.5 Å². The van der Waals surface area contributed by atoms with Gasteiger partial charge >= 0.3 is 0 Å². The van der Waals surface area contributed by atoms with Gasteiger partial charge in [-0.1, -0.05) is 12.8 Å². The second-order valence-corrected chi connectivity index (χ2v) is 4.90. The van der Waals surface area contributed by atoms with Gasteiger partial charge in [-0.15, -0.1) is 0 Å². The third-order valence-corrected chi connectivity index (χ3v) is 3.70. The van der Waals surface area contributed by atoms with Crippen molar-refractivity contribution in [1.29, 1.82) is 0 Å². The number of hydrogen-bond acceptors (Lipinski definition) is 5. The summed E-state index contributed by atoms with van der Waals surface area (Å²) in [5.41, 5.74) is 0.245. The van der Waals surface area contributed by atoms with E-state index >= 15 is 0 Å². The average molecular weight is 241 g/mol. The van der Waals surface area contributed by atoms with Crippen molar-refractivity contribution in [3.8, 4) is 0 Å². The first kappa shape index (κ1) is 11.5. The predicted molar refractivity (Wildman–Crippen MR) is 60.2 cm³/mol. The molecule has 1 heterocycles. The van der Waals surface area contributed by atoms with Crippen LogP contribution >= 0.6 is 11.7 Å². The molecular weight excluding hydrogens is 226 g/mol. The Labute approximate surface area is 98.2 Å². The number of aliphatic hydroxyl groups is 1. The van der Waals surface area contributed by atoms with E-state index in [1.165, 1.54) is 6.20 Å². The Morgan fingerprint density at radius 1 is 1.56 bits per heavy atom. The lowest BCUT2D eigenvalue weighted by atomic mass is 9.87. The SMILES string of the molecule is O=C(NCC1(CO)CCCC1)c1cnsn1. The lowest BCUT2D eigenvalue weighted by molar-refractivity contribution is 0.0877. The Hall–Kier alpha value is -1.01. The van der Waals surface area contributed by atoms with E-state index in [1.54, 1.807) is 0 Å². The van der Waals surface area contributed by atoms with E-state index in [9.17, 15) is 9.90 Å². The maximum Gasteiger partial charge on any atom is 0.272 e. The fraction of sp³-hybridized carbons (Fsp3) is 0.700. The van der Waals surface area contributed by atoms with E-state index in [-0.39, 0.29) is 17.9 Å². The van der Waals surface area contributed by atoms with Crippen LogP contribution in [0, 0.1) is 5.41 Å². The molecule has 2 N–H and O–H groups in total. The van der Waals surface area contributed by atoms with Gasteiger partial charge in [-0.25, -0.2) is 0 Å². The van der Waals surface area contributed by atoms with Crippen molar-refractivity contribution in [3.63, 3.8) is 0 Å². The van der Waals surface area contributed by atoms with E-state index < -0.39 is 0 Å². The summed E-state index contributed by atoms with van der Waals surface area (Å²) in [4.78, 5) is 11.6. The summed E-state index contributed by atoms with van der Waals surface area (Å²) in [6.45, 7) is 0.669. The molecule has 1 saturated carbocycles. The van der Waals surface area contributed by atoms with Crippen LogP contribution in [0.4, 0.5) is 0 Å². The van der Waals surface area contributed by atoms with Crippen LogP contribution in [-0.2, 0) is 0 Å². The zero-order valence-electron chi connectivity index (χ0n) is 8.98. The smallest absolute Gasteiger partial charge is 0.272 e. The summed E-state index contributed by atoms with van der Waals surface area (Å²) in [6.07, 6.45) is 5.70. The number of hydrogen-bond donors (Lipinski definition) is 2. The lowest BCUT2D eigenvalue weighted by Gasteiger charge is -2.26. The van der Waals surface area contributed by atoms with Gasteiger partial charge in [0.15, 0.2) is 5.69 Å². The van der Waals surface area contributed by atoms with Crippen LogP contribution in [0.3, 0.4) is 0 Å². The molecule has 0 aromatic carbocycles. The van der Waals surface area contributed by atoms with Crippen molar-refractivity contribution in [2.24, 2.45) is 5.41 Å². The van der Waals surface area contributed by atoms with E-state index in [0.717, 1.165) is 37.4 Å². The first-order chi connectivity index (χ1) is 7.76. The molecular formula is C10H15N3O2S. The summed E-state index contributed by atoms with van der Waals surface area (Å²) in [6, 6.07) is 0. The van der Waals surface area contributed by atoms with E-state index in [4.69, 9.17) is 0 Å². The summed E-state index contributed by atoms with van der Waals surface area (Å²) in [7, 11) is 0. The first-order valence-corrected chi connectivity index (χ1v) is 6.15. The normalized spacial score (nSPS) is 18.6. The molecule has 1 aromatic heterocycles. The molecule has 0 atom stereocenters. The Morgan fingerprint density at radius 2 is 2.31 bits per heavy atom. The van der Waals surface area contributed by atoms with Crippen LogP contribution in [0.1, 0.15) is 36.2 Å². The quantitative estimate of drug-likeness (QED) is 0.818. The Bertz CT molecular complexity index is 347. The summed E-state index contributed by atoms with van der Waals surface area (Å²) in [5.74, 6) is -0.200. The molecule has 1 aliphatic carbocycles. The number of carbonyl (C=O) groups excluding carboxylic acids is 1. The monoisotopic (exact) mass is 241 g/mol. The third-order valence-electron chi connectivity index (χ3n) is 3.22. The molecule has 1 aromatic rings. The van der Waals surface area contributed by atoms with Crippen LogP contribution in [0.25, 0.3) is 0 Å². The molecule has 1 fully saturated rings. The van der Waals surface area contributed by atoms with Gasteiger partial charge in [-0.05, 0) is 12.8 Å². The van der Waals surface area contributed by atoms with E-state index in [0.29, 0.717) is 12.2 Å². The largest absolute Gasteiger partial charge is 0.396 e. The van der Waals surface area contributed by atoms with Crippen molar-refractivity contribution < 1.29 is 9.90 Å². The second-order valence-electron chi connectivity index (χ2n) is 4.34. The number of amides is 1. The first-order valence-electron chi connectivity index (χ1n) is 5.42. The standard InChI is InChI=1S/C10H15N3O2S/c14-7-10(3-1-2-4-10)6-11-9(15)8-5-12-16-13-8/h5,14H,1-4,6-7H2,(H,11,15). The van der Waals surface area contributed by atoms with Crippen LogP contribution in [0.2, 0.25) is 0 Å². The Morgan fingerprint density at radius 3 is 2.88 bits per heavy atom. The Kier molecular flexibility index (Phi) is 3.50. The minimum absolute atomic E-state index is 0.112. The van der Waals surface area contributed by atoms with Gasteiger partial charge in [0.25, 0.3) is 5.91 Å². The zero-order valence-corrected chi connectivity index (χ0v) is 9.79. The van der Waals surface area contributed by atoms with Crippen molar-refractivity contribution in [1.82, 2.24) is 14.1 Å². The van der Waals surface area contributed by atoms with Crippen LogP contribution in [0.15, 0.2) is 6.20 Å². The van der Waals surface area contributed by atoms with Crippen molar-refractivity contribution in [3.05, 3.63) is 11.9 Å². The van der Waals surface area contributed by atoms with Crippen molar-refractivity contribution in [2.75, 3.05) is 13.2 Å². The summed E-state index contributed by atoms with van der Waals surface area (Å²) >= 11 is 1.02. The molecule has 1 amide bonds. The topological polar surface area (TPSA) is 75.1 Å². The molecule has 0 bridgehead atoms. The molecule has 1 aliphatic rings. The van der Waals surface area contributed by atoms with Gasteiger partial charge in [0, 0.05) is 12.0 Å². The molecule has 88 valence electrons. The van der Waals surface area contributed by atoms with Crippen LogP contribution in [0.5, 0.6) is 0 Å². The highest BCUT2D eigenvalue weighted by molar-refractivity contribution is 6.99. The minimum Gasteiger partial charge on any atom is -0.396 e. The molecule has 6 heteroatoms. The molecule has 0 spiro atoms. The van der Waals surface area contributed by atoms with Gasteiger partial charge in [-0.3, -0.25) is 4.79 Å². The predicted octanol–water partition coefficient (Wildman–Crippen LogP) is 0.821. The fourth-order valence-electron chi connectivity index (χ4n) is 2.14. The number of nitrogens with zero attached hydrogens (tertiary/aromatic N) is 2. The maximum atomic E-state index is 11.6. The van der Waals surface area contributed by atoms with Gasteiger partial charge in [0.1, 0.15) is 0 Å². The molecule has 16 heavy (non-hydrogen) atoms.